The highest BCUT2D eigenvalue weighted by molar-refractivity contribution is 5.97. The van der Waals surface area contributed by atoms with Crippen molar-refractivity contribution in [3.8, 4) is 0 Å². The third-order valence-corrected chi connectivity index (χ3v) is 4.06. The van der Waals surface area contributed by atoms with Gasteiger partial charge in [-0.1, -0.05) is 60.7 Å². The Balaban J connectivity index is 2.11. The lowest BCUT2D eigenvalue weighted by atomic mass is 9.93. The van der Waals surface area contributed by atoms with Crippen molar-refractivity contribution in [3.05, 3.63) is 83.9 Å². The summed E-state index contributed by atoms with van der Waals surface area (Å²) in [5.41, 5.74) is 5.04. The molecule has 0 fully saturated rings. The van der Waals surface area contributed by atoms with Crippen LogP contribution in [0.4, 0.5) is 5.69 Å². The average molecular weight is 287 g/mol. The summed E-state index contributed by atoms with van der Waals surface area (Å²) in [4.78, 5) is 2.12. The van der Waals surface area contributed by atoms with Gasteiger partial charge in [-0.15, -0.1) is 0 Å². The van der Waals surface area contributed by atoms with E-state index in [1.54, 1.807) is 0 Å². The average Bonchev–Trinajstić information content (AvgIpc) is 2.56. The van der Waals surface area contributed by atoms with E-state index < -0.39 is 0 Å². The zero-order valence-electron chi connectivity index (χ0n) is 13.4. The molecule has 3 aromatic carbocycles. The summed E-state index contributed by atoms with van der Waals surface area (Å²) >= 11 is 0. The molecule has 0 unspecified atom stereocenters. The fraction of sp³-hybridized carbons (Fsp3) is 0.143. The Labute approximate surface area is 132 Å². The van der Waals surface area contributed by atoms with Gasteiger partial charge in [-0.05, 0) is 46.5 Å². The highest BCUT2D eigenvalue weighted by Gasteiger charge is 2.08. The Morgan fingerprint density at radius 1 is 0.818 bits per heavy atom. The van der Waals surface area contributed by atoms with Gasteiger partial charge in [-0.2, -0.15) is 0 Å². The van der Waals surface area contributed by atoms with Gasteiger partial charge in [0.25, 0.3) is 0 Å². The number of allylic oxidation sites excluding steroid dienone is 1. The van der Waals surface area contributed by atoms with Crippen molar-refractivity contribution in [2.24, 2.45) is 0 Å². The fourth-order valence-electron chi connectivity index (χ4n) is 2.88. The summed E-state index contributed by atoms with van der Waals surface area (Å²) < 4.78 is 0. The largest absolute Gasteiger partial charge is 0.378 e. The normalized spacial score (nSPS) is 11.7. The Kier molecular flexibility index (Phi) is 3.97. The summed E-state index contributed by atoms with van der Waals surface area (Å²) in [7, 11) is 4.13. The molecule has 110 valence electrons. The molecule has 3 aromatic rings. The van der Waals surface area contributed by atoms with E-state index in [1.165, 1.54) is 33.2 Å². The van der Waals surface area contributed by atoms with Gasteiger partial charge in [0.15, 0.2) is 0 Å². The highest BCUT2D eigenvalue weighted by Crippen LogP contribution is 2.30. The molecule has 0 atom stereocenters. The van der Waals surface area contributed by atoms with E-state index in [9.17, 15) is 0 Å². The van der Waals surface area contributed by atoms with Crippen LogP contribution in [0.1, 0.15) is 18.1 Å². The maximum Gasteiger partial charge on any atom is 0.0361 e. The third kappa shape index (κ3) is 2.62. The van der Waals surface area contributed by atoms with Gasteiger partial charge in [0.1, 0.15) is 0 Å². The molecular weight excluding hydrogens is 266 g/mol. The van der Waals surface area contributed by atoms with E-state index in [-0.39, 0.29) is 0 Å². The van der Waals surface area contributed by atoms with Crippen LogP contribution in [0.5, 0.6) is 0 Å². The van der Waals surface area contributed by atoms with Crippen molar-refractivity contribution in [1.29, 1.82) is 0 Å². The minimum Gasteiger partial charge on any atom is -0.378 e. The van der Waals surface area contributed by atoms with E-state index in [0.29, 0.717) is 0 Å². The minimum absolute atomic E-state index is 1.22. The molecule has 1 heteroatoms. The van der Waals surface area contributed by atoms with Gasteiger partial charge < -0.3 is 4.90 Å². The van der Waals surface area contributed by atoms with Crippen molar-refractivity contribution in [1.82, 2.24) is 0 Å². The Hall–Kier alpha value is -2.54. The van der Waals surface area contributed by atoms with Crippen LogP contribution < -0.4 is 4.90 Å². The van der Waals surface area contributed by atoms with Crippen LogP contribution in [0.2, 0.25) is 0 Å². The predicted octanol–water partition coefficient (Wildman–Crippen LogP) is 5.36. The van der Waals surface area contributed by atoms with Crippen LogP contribution in [0.3, 0.4) is 0 Å². The first-order valence-corrected chi connectivity index (χ1v) is 7.63. The van der Waals surface area contributed by atoms with Crippen molar-refractivity contribution >= 4 is 22.0 Å². The van der Waals surface area contributed by atoms with Crippen molar-refractivity contribution < 1.29 is 0 Å². The third-order valence-electron chi connectivity index (χ3n) is 4.06. The summed E-state index contributed by atoms with van der Waals surface area (Å²) in [6.45, 7) is 2.11. The lowest BCUT2D eigenvalue weighted by Crippen LogP contribution is -2.08. The lowest BCUT2D eigenvalue weighted by Gasteiger charge is -2.15. The SMILES string of the molecule is CC=C(c1ccc(N(C)C)cc1)c1cccc2ccccc12. The maximum atomic E-state index is 2.21. The molecular formula is C21H21N. The molecule has 0 amide bonds. The van der Waals surface area contributed by atoms with Crippen LogP contribution in [-0.2, 0) is 0 Å². The minimum atomic E-state index is 1.22. The lowest BCUT2D eigenvalue weighted by molar-refractivity contribution is 1.13. The van der Waals surface area contributed by atoms with Gasteiger partial charge in [0.2, 0.25) is 0 Å². The highest BCUT2D eigenvalue weighted by atomic mass is 15.1. The summed E-state index contributed by atoms with van der Waals surface area (Å²) in [6.07, 6.45) is 2.20. The molecule has 0 saturated carbocycles. The Morgan fingerprint density at radius 2 is 1.50 bits per heavy atom. The van der Waals surface area contributed by atoms with Gasteiger partial charge in [-0.3, -0.25) is 0 Å². The van der Waals surface area contributed by atoms with E-state index in [1.807, 2.05) is 0 Å². The van der Waals surface area contributed by atoms with Crippen LogP contribution in [0, 0.1) is 0 Å². The van der Waals surface area contributed by atoms with Gasteiger partial charge in [0.05, 0.1) is 0 Å². The molecule has 1 nitrogen and oxygen atoms in total. The summed E-state index contributed by atoms with van der Waals surface area (Å²) in [5, 5.41) is 2.58. The van der Waals surface area contributed by atoms with Crippen LogP contribution in [0.25, 0.3) is 16.3 Å². The topological polar surface area (TPSA) is 3.24 Å². The fourth-order valence-corrected chi connectivity index (χ4v) is 2.88. The molecule has 0 aliphatic carbocycles. The number of hydrogen-bond donors (Lipinski definition) is 0. The zero-order valence-corrected chi connectivity index (χ0v) is 13.4. The molecule has 0 aliphatic rings. The molecule has 0 aliphatic heterocycles. The first kappa shape index (κ1) is 14.4. The Bertz CT molecular complexity index is 805. The number of nitrogens with zero attached hydrogens (tertiary/aromatic N) is 1. The monoisotopic (exact) mass is 287 g/mol. The standard InChI is InChI=1S/C21H21N/c1-4-19(17-12-14-18(15-13-17)22(2)3)21-11-7-9-16-8-5-6-10-20(16)21/h4-15H,1-3H3. The molecule has 3 rings (SSSR count). The number of rotatable bonds is 3. The summed E-state index contributed by atoms with van der Waals surface area (Å²) in [5.74, 6) is 0. The van der Waals surface area contributed by atoms with Gasteiger partial charge in [0, 0.05) is 19.8 Å². The van der Waals surface area contributed by atoms with E-state index >= 15 is 0 Å². The van der Waals surface area contributed by atoms with Crippen LogP contribution >= 0.6 is 0 Å². The second kappa shape index (κ2) is 6.07. The van der Waals surface area contributed by atoms with Crippen LogP contribution in [0.15, 0.2) is 72.8 Å². The first-order valence-electron chi connectivity index (χ1n) is 7.63. The molecule has 0 heterocycles. The van der Waals surface area contributed by atoms with E-state index in [4.69, 9.17) is 0 Å². The molecule has 22 heavy (non-hydrogen) atoms. The molecule has 0 saturated heterocycles. The summed E-state index contributed by atoms with van der Waals surface area (Å²) in [6, 6.07) is 23.8. The van der Waals surface area contributed by atoms with Crippen molar-refractivity contribution in [2.45, 2.75) is 6.92 Å². The molecule has 0 N–H and O–H groups in total. The Morgan fingerprint density at radius 3 is 2.18 bits per heavy atom. The maximum absolute atomic E-state index is 2.21. The first-order chi connectivity index (χ1) is 10.7. The second-order valence-corrected chi connectivity index (χ2v) is 5.67. The van der Waals surface area contributed by atoms with Crippen LogP contribution in [-0.4, -0.2) is 14.1 Å². The zero-order chi connectivity index (χ0) is 15.5. The second-order valence-electron chi connectivity index (χ2n) is 5.67. The smallest absolute Gasteiger partial charge is 0.0361 e. The molecule has 0 bridgehead atoms. The predicted molar refractivity (Wildman–Crippen MR) is 97.5 cm³/mol. The quantitative estimate of drug-likeness (QED) is 0.627. The molecule has 0 aromatic heterocycles. The number of hydrogen-bond acceptors (Lipinski definition) is 1. The molecule has 0 radical (unpaired) electrons. The van der Waals surface area contributed by atoms with Crippen molar-refractivity contribution in [2.75, 3.05) is 19.0 Å². The van der Waals surface area contributed by atoms with E-state index in [2.05, 4.69) is 98.7 Å². The van der Waals surface area contributed by atoms with E-state index in [0.717, 1.165) is 0 Å². The van der Waals surface area contributed by atoms with Crippen molar-refractivity contribution in [3.63, 3.8) is 0 Å². The molecule has 0 spiro atoms. The number of benzene rings is 3. The number of fused-ring (bicyclic) bond motifs is 1. The number of anilines is 1. The van der Waals surface area contributed by atoms with Gasteiger partial charge >= 0.3 is 0 Å². The van der Waals surface area contributed by atoms with Gasteiger partial charge in [-0.25, -0.2) is 0 Å².